The molecule has 31 heavy (non-hydrogen) atoms. The summed E-state index contributed by atoms with van der Waals surface area (Å²) < 4.78 is 6.40. The Morgan fingerprint density at radius 2 is 1.61 bits per heavy atom. The van der Waals surface area contributed by atoms with Crippen LogP contribution in [0.3, 0.4) is 0 Å². The van der Waals surface area contributed by atoms with Crippen LogP contribution in [0.25, 0.3) is 10.8 Å². The lowest BCUT2D eigenvalue weighted by molar-refractivity contribution is -0.0189. The number of ether oxygens (including phenoxy) is 1. The van der Waals surface area contributed by atoms with Crippen molar-refractivity contribution in [1.29, 1.82) is 0 Å². The summed E-state index contributed by atoms with van der Waals surface area (Å²) in [5, 5.41) is 10.9. The molecule has 4 aromatic rings. The van der Waals surface area contributed by atoms with E-state index in [4.69, 9.17) is 33.0 Å². The van der Waals surface area contributed by atoms with Gasteiger partial charge < -0.3 is 4.74 Å². The number of rotatable bonds is 2. The Bertz CT molecular complexity index is 1350. The smallest absolute Gasteiger partial charge is 0.215 e. The molecule has 0 saturated carbocycles. The molecule has 0 unspecified atom stereocenters. The summed E-state index contributed by atoms with van der Waals surface area (Å²) in [6, 6.07) is 28.5. The minimum atomic E-state index is -0.398. The average molecular weight is 445 g/mol. The van der Waals surface area contributed by atoms with Gasteiger partial charge in [0, 0.05) is 27.6 Å². The van der Waals surface area contributed by atoms with Crippen molar-refractivity contribution in [1.82, 2.24) is 5.01 Å². The molecule has 2 aliphatic rings. The van der Waals surface area contributed by atoms with E-state index in [-0.39, 0.29) is 6.04 Å². The number of nitrogens with zero attached hydrogens (tertiary/aromatic N) is 2. The fraction of sp³-hybridized carbons (Fsp3) is 0.115. The van der Waals surface area contributed by atoms with Crippen LogP contribution in [-0.2, 0) is 0 Å². The lowest BCUT2D eigenvalue weighted by atomic mass is 9.95. The molecular weight excluding hydrogens is 427 g/mol. The molecule has 0 aliphatic carbocycles. The average Bonchev–Trinajstić information content (AvgIpc) is 3.25. The second-order valence-corrected chi connectivity index (χ2v) is 8.73. The zero-order valence-corrected chi connectivity index (χ0v) is 18.0. The Morgan fingerprint density at radius 1 is 0.806 bits per heavy atom. The molecule has 0 saturated heterocycles. The van der Waals surface area contributed by atoms with E-state index in [2.05, 4.69) is 42.5 Å². The van der Waals surface area contributed by atoms with E-state index in [1.165, 1.54) is 10.8 Å². The fourth-order valence-corrected chi connectivity index (χ4v) is 4.89. The van der Waals surface area contributed by atoms with E-state index in [0.29, 0.717) is 10.0 Å². The van der Waals surface area contributed by atoms with Gasteiger partial charge in [0.05, 0.1) is 11.8 Å². The van der Waals surface area contributed by atoms with Gasteiger partial charge >= 0.3 is 0 Å². The third kappa shape index (κ3) is 3.16. The maximum atomic E-state index is 6.54. The van der Waals surface area contributed by atoms with Gasteiger partial charge in [-0.25, -0.2) is 5.01 Å². The zero-order valence-electron chi connectivity index (χ0n) is 16.5. The monoisotopic (exact) mass is 444 g/mol. The number of fused-ring (bicyclic) bond motifs is 4. The van der Waals surface area contributed by atoms with Crippen LogP contribution in [0, 0.1) is 0 Å². The third-order valence-electron chi connectivity index (χ3n) is 6.01. The van der Waals surface area contributed by atoms with E-state index in [9.17, 15) is 0 Å². The largest absolute Gasteiger partial charge is 0.464 e. The summed E-state index contributed by atoms with van der Waals surface area (Å²) in [5.41, 5.74) is 4.10. The Balaban J connectivity index is 1.47. The first-order chi connectivity index (χ1) is 15.2. The first-order valence-electron chi connectivity index (χ1n) is 10.2. The van der Waals surface area contributed by atoms with Gasteiger partial charge in [0.25, 0.3) is 0 Å². The highest BCUT2D eigenvalue weighted by molar-refractivity contribution is 6.31. The molecule has 5 heteroatoms. The van der Waals surface area contributed by atoms with Crippen molar-refractivity contribution in [2.45, 2.75) is 18.7 Å². The van der Waals surface area contributed by atoms with Crippen molar-refractivity contribution in [3.05, 3.63) is 112 Å². The van der Waals surface area contributed by atoms with Crippen LogP contribution in [0.5, 0.6) is 5.75 Å². The second-order valence-electron chi connectivity index (χ2n) is 7.88. The zero-order chi connectivity index (χ0) is 20.9. The molecule has 4 aromatic carbocycles. The van der Waals surface area contributed by atoms with Crippen LogP contribution in [0.4, 0.5) is 0 Å². The molecule has 3 nitrogen and oxygen atoms in total. The fourth-order valence-electron chi connectivity index (χ4n) is 4.48. The Labute approximate surface area is 190 Å². The SMILES string of the molecule is Clc1ccc2c(c1)[C@H]1CC(c3ccc4ccccc4c3)=NN1[C@H](c1ccccc1Cl)O2. The molecule has 0 aromatic heterocycles. The highest BCUT2D eigenvalue weighted by Crippen LogP contribution is 2.49. The van der Waals surface area contributed by atoms with E-state index < -0.39 is 6.23 Å². The molecule has 2 aliphatic heterocycles. The number of hydrogen-bond acceptors (Lipinski definition) is 3. The predicted octanol–water partition coefficient (Wildman–Crippen LogP) is 7.39. The molecule has 0 radical (unpaired) electrons. The van der Waals surface area contributed by atoms with Crippen molar-refractivity contribution in [2.24, 2.45) is 5.10 Å². The summed E-state index contributed by atoms with van der Waals surface area (Å²) >= 11 is 12.9. The van der Waals surface area contributed by atoms with E-state index >= 15 is 0 Å². The van der Waals surface area contributed by atoms with Gasteiger partial charge in [-0.3, -0.25) is 0 Å². The Kier molecular flexibility index (Phi) is 4.41. The number of hydrogen-bond donors (Lipinski definition) is 0. The van der Waals surface area contributed by atoms with Crippen LogP contribution in [0.1, 0.15) is 35.4 Å². The lowest BCUT2D eigenvalue weighted by Gasteiger charge is -2.38. The molecule has 0 bridgehead atoms. The van der Waals surface area contributed by atoms with Crippen molar-refractivity contribution in [2.75, 3.05) is 0 Å². The number of hydrazone groups is 1. The normalized spacial score (nSPS) is 19.5. The van der Waals surface area contributed by atoms with Crippen LogP contribution in [-0.4, -0.2) is 10.7 Å². The van der Waals surface area contributed by atoms with Gasteiger partial charge in [-0.15, -0.1) is 0 Å². The van der Waals surface area contributed by atoms with Gasteiger partial charge in [0.1, 0.15) is 5.75 Å². The highest BCUT2D eigenvalue weighted by atomic mass is 35.5. The number of benzene rings is 4. The molecule has 0 N–H and O–H groups in total. The summed E-state index contributed by atoms with van der Waals surface area (Å²) in [4.78, 5) is 0. The van der Waals surface area contributed by atoms with Crippen molar-refractivity contribution in [3.63, 3.8) is 0 Å². The van der Waals surface area contributed by atoms with Crippen molar-refractivity contribution < 1.29 is 4.74 Å². The quantitative estimate of drug-likeness (QED) is 0.321. The van der Waals surface area contributed by atoms with E-state index in [0.717, 1.165) is 34.6 Å². The molecule has 0 spiro atoms. The lowest BCUT2D eigenvalue weighted by Crippen LogP contribution is -2.33. The van der Waals surface area contributed by atoms with Crippen LogP contribution in [0.2, 0.25) is 10.0 Å². The molecule has 0 amide bonds. The number of halogens is 2. The van der Waals surface area contributed by atoms with Crippen molar-refractivity contribution in [3.8, 4) is 5.75 Å². The predicted molar refractivity (Wildman–Crippen MR) is 126 cm³/mol. The maximum absolute atomic E-state index is 6.54. The molecular formula is C26H18Cl2N2O. The Morgan fingerprint density at radius 3 is 2.48 bits per heavy atom. The van der Waals surface area contributed by atoms with Crippen LogP contribution < -0.4 is 4.74 Å². The van der Waals surface area contributed by atoms with Gasteiger partial charge in [-0.05, 0) is 46.7 Å². The van der Waals surface area contributed by atoms with Crippen LogP contribution in [0.15, 0.2) is 90.0 Å². The van der Waals surface area contributed by atoms with Crippen LogP contribution >= 0.6 is 23.2 Å². The summed E-state index contributed by atoms with van der Waals surface area (Å²) in [6.07, 6.45) is 0.376. The van der Waals surface area contributed by atoms with Gasteiger partial charge in [-0.1, -0.05) is 77.8 Å². The summed E-state index contributed by atoms with van der Waals surface area (Å²) in [5.74, 6) is 0.825. The summed E-state index contributed by atoms with van der Waals surface area (Å²) in [6.45, 7) is 0. The maximum Gasteiger partial charge on any atom is 0.215 e. The third-order valence-corrected chi connectivity index (χ3v) is 6.59. The van der Waals surface area contributed by atoms with Crippen molar-refractivity contribution >= 4 is 39.7 Å². The molecule has 6 rings (SSSR count). The molecule has 2 heterocycles. The standard InChI is InChI=1S/C26H18Cl2N2O/c27-19-11-12-25-21(14-19)24-15-23(18-10-9-16-5-1-2-6-17(16)13-18)29-30(24)26(31-25)20-7-3-4-8-22(20)28/h1-14,24,26H,15H2/t24-,26+/m1/s1. The Hall–Kier alpha value is -3.01. The van der Waals surface area contributed by atoms with E-state index in [1.807, 2.05) is 47.5 Å². The topological polar surface area (TPSA) is 24.8 Å². The first kappa shape index (κ1) is 18.7. The van der Waals surface area contributed by atoms with Gasteiger partial charge in [0.2, 0.25) is 6.23 Å². The molecule has 152 valence electrons. The minimum absolute atomic E-state index is 0.0326. The van der Waals surface area contributed by atoms with Gasteiger partial charge in [-0.2, -0.15) is 5.10 Å². The first-order valence-corrected chi connectivity index (χ1v) is 11.0. The second kappa shape index (κ2) is 7.30. The molecule has 0 fully saturated rings. The molecule has 2 atom stereocenters. The minimum Gasteiger partial charge on any atom is -0.464 e. The van der Waals surface area contributed by atoms with E-state index in [1.54, 1.807) is 0 Å². The highest BCUT2D eigenvalue weighted by Gasteiger charge is 2.41. The van der Waals surface area contributed by atoms with Gasteiger partial charge in [0.15, 0.2) is 0 Å². The summed E-state index contributed by atoms with van der Waals surface area (Å²) in [7, 11) is 0.